The maximum Gasteiger partial charge on any atom is 0.251 e. The van der Waals surface area contributed by atoms with Gasteiger partial charge >= 0.3 is 0 Å². The lowest BCUT2D eigenvalue weighted by Gasteiger charge is -2.36. The molecular weight excluding hydrogens is 597 g/mol. The molecule has 1 aromatic heterocycles. The number of amides is 1. The number of halogens is 1. The Morgan fingerprint density at radius 2 is 1.91 bits per heavy atom. The largest absolute Gasteiger partial charge is 0.369 e. The van der Waals surface area contributed by atoms with Crippen LogP contribution >= 0.6 is 0 Å². The van der Waals surface area contributed by atoms with E-state index in [0.717, 1.165) is 63.9 Å². The molecule has 1 atom stereocenters. The van der Waals surface area contributed by atoms with Crippen molar-refractivity contribution in [3.05, 3.63) is 82.5 Å². The zero-order valence-electron chi connectivity index (χ0n) is 24.9. The number of piperidine rings is 1. The van der Waals surface area contributed by atoms with Gasteiger partial charge in [0, 0.05) is 54.3 Å². The molecule has 0 radical (unpaired) electrons. The van der Waals surface area contributed by atoms with Gasteiger partial charge in [0.2, 0.25) is 9.84 Å². The van der Waals surface area contributed by atoms with Crippen molar-refractivity contribution in [2.45, 2.75) is 22.6 Å². The molecule has 4 aromatic rings. The van der Waals surface area contributed by atoms with E-state index in [2.05, 4.69) is 42.4 Å². The number of carbonyl (C=O) groups is 1. The SMILES string of the molecule is CN1CCN(c2ccc(C(=O)N=[N+]=[N-])c(N(CC3CCCNC3)c3n[nH]c4ccc(S(=O)(=O)c5cccc(F)c5)cc34)c2)CC1. The Bertz CT molecular complexity index is 1880. The summed E-state index contributed by atoms with van der Waals surface area (Å²) < 4.78 is 41.1. The van der Waals surface area contributed by atoms with Crippen LogP contribution in [0.15, 0.2) is 75.6 Å². The van der Waals surface area contributed by atoms with Crippen LogP contribution in [0, 0.1) is 11.7 Å². The number of aromatic nitrogens is 2. The monoisotopic (exact) mass is 631 g/mol. The molecule has 2 N–H and O–H groups in total. The van der Waals surface area contributed by atoms with E-state index in [1.807, 2.05) is 17.0 Å². The number of benzene rings is 3. The number of likely N-dealkylation sites (N-methyl/N-ethyl adjacent to an activating group) is 1. The fraction of sp³-hybridized carbons (Fsp3) is 0.355. The number of aromatic amines is 1. The summed E-state index contributed by atoms with van der Waals surface area (Å²) in [6.07, 6.45) is 1.94. The van der Waals surface area contributed by atoms with Gasteiger partial charge in [0.05, 0.1) is 21.0 Å². The first-order chi connectivity index (χ1) is 21.7. The number of anilines is 3. The van der Waals surface area contributed by atoms with Crippen LogP contribution in [0.4, 0.5) is 21.6 Å². The van der Waals surface area contributed by atoms with E-state index in [-0.39, 0.29) is 21.3 Å². The van der Waals surface area contributed by atoms with E-state index in [0.29, 0.717) is 29.0 Å². The molecule has 6 rings (SSSR count). The summed E-state index contributed by atoms with van der Waals surface area (Å²) in [6, 6.07) is 15.0. The van der Waals surface area contributed by atoms with Crippen molar-refractivity contribution in [1.82, 2.24) is 20.4 Å². The number of rotatable bonds is 8. The Hall–Kier alpha value is -4.49. The van der Waals surface area contributed by atoms with Crippen LogP contribution in [0.25, 0.3) is 21.3 Å². The maximum atomic E-state index is 14.0. The smallest absolute Gasteiger partial charge is 0.251 e. The first kappa shape index (κ1) is 30.5. The molecule has 2 aliphatic rings. The average molecular weight is 632 g/mol. The van der Waals surface area contributed by atoms with Crippen molar-refractivity contribution < 1.29 is 17.6 Å². The Kier molecular flexibility index (Phi) is 8.72. The second kappa shape index (κ2) is 12.9. The lowest BCUT2D eigenvalue weighted by atomic mass is 9.98. The Morgan fingerprint density at radius 1 is 1.11 bits per heavy atom. The second-order valence-corrected chi connectivity index (χ2v) is 13.5. The highest BCUT2D eigenvalue weighted by molar-refractivity contribution is 7.91. The predicted octanol–water partition coefficient (Wildman–Crippen LogP) is 4.87. The van der Waals surface area contributed by atoms with Crippen molar-refractivity contribution in [3.8, 4) is 0 Å². The molecule has 2 aliphatic heterocycles. The molecule has 2 saturated heterocycles. The fourth-order valence-corrected chi connectivity index (χ4v) is 7.36. The topological polar surface area (TPSA) is 150 Å². The number of hydrogen-bond donors (Lipinski definition) is 2. The summed E-state index contributed by atoms with van der Waals surface area (Å²) in [6.45, 7) is 5.53. The lowest BCUT2D eigenvalue weighted by Crippen LogP contribution is -2.44. The van der Waals surface area contributed by atoms with Crippen LogP contribution in [0.2, 0.25) is 0 Å². The van der Waals surface area contributed by atoms with Gasteiger partial charge < -0.3 is 20.0 Å². The number of nitrogens with zero attached hydrogens (tertiary/aromatic N) is 7. The minimum Gasteiger partial charge on any atom is -0.369 e. The molecule has 14 heteroatoms. The fourth-order valence-electron chi connectivity index (χ4n) is 6.04. The predicted molar refractivity (Wildman–Crippen MR) is 170 cm³/mol. The van der Waals surface area contributed by atoms with Gasteiger partial charge in [-0.15, -0.1) is 0 Å². The molecule has 1 unspecified atom stereocenters. The van der Waals surface area contributed by atoms with Gasteiger partial charge in [-0.05, 0) is 104 Å². The van der Waals surface area contributed by atoms with Crippen molar-refractivity contribution in [1.29, 1.82) is 0 Å². The number of nitrogens with one attached hydrogen (secondary N) is 2. The highest BCUT2D eigenvalue weighted by Gasteiger charge is 2.28. The normalized spacial score (nSPS) is 17.6. The van der Waals surface area contributed by atoms with Gasteiger partial charge in [0.1, 0.15) is 5.82 Å². The molecule has 3 heterocycles. The third-order valence-corrected chi connectivity index (χ3v) is 10.3. The van der Waals surface area contributed by atoms with Crippen molar-refractivity contribution >= 4 is 43.8 Å². The molecule has 0 bridgehead atoms. The highest BCUT2D eigenvalue weighted by Crippen LogP contribution is 2.38. The maximum absolute atomic E-state index is 14.0. The first-order valence-electron chi connectivity index (χ1n) is 14.9. The molecule has 0 aliphatic carbocycles. The van der Waals surface area contributed by atoms with E-state index >= 15 is 0 Å². The van der Waals surface area contributed by atoms with Crippen LogP contribution in [0.3, 0.4) is 0 Å². The molecule has 234 valence electrons. The quantitative estimate of drug-likeness (QED) is 0.159. The van der Waals surface area contributed by atoms with Crippen LogP contribution < -0.4 is 15.1 Å². The molecule has 2 fully saturated rings. The minimum absolute atomic E-state index is 0.0147. The van der Waals surface area contributed by atoms with Gasteiger partial charge in [0.15, 0.2) is 5.82 Å². The number of hydrogen-bond acceptors (Lipinski definition) is 8. The van der Waals surface area contributed by atoms with E-state index in [4.69, 9.17) is 5.53 Å². The number of sulfone groups is 1. The molecule has 1 amide bonds. The molecule has 0 saturated carbocycles. The lowest BCUT2D eigenvalue weighted by molar-refractivity contribution is 0.100. The highest BCUT2D eigenvalue weighted by atomic mass is 32.2. The van der Waals surface area contributed by atoms with Crippen LogP contribution in [0.5, 0.6) is 0 Å². The standard InChI is InChI=1S/C31H34FN9O3S/c1-39-12-14-40(15-13-39)23-7-9-26(31(42)37-38-33)29(17-23)41(20-21-4-3-11-34-19-21)30-27-18-25(8-10-28(27)35-36-30)45(43,44)24-6-2-5-22(32)16-24/h2,5-10,16-18,21,34H,3-4,11-15,19-20H2,1H3,(H,35,36). The zero-order valence-corrected chi connectivity index (χ0v) is 25.7. The van der Waals surface area contributed by atoms with Gasteiger partial charge in [-0.25, -0.2) is 12.8 Å². The van der Waals surface area contributed by atoms with Gasteiger partial charge in [-0.1, -0.05) is 6.07 Å². The summed E-state index contributed by atoms with van der Waals surface area (Å²) >= 11 is 0. The van der Waals surface area contributed by atoms with Gasteiger partial charge in [-0.2, -0.15) is 5.10 Å². The molecule has 0 spiro atoms. The summed E-state index contributed by atoms with van der Waals surface area (Å²) in [4.78, 5) is 22.2. The Morgan fingerprint density at radius 3 is 2.64 bits per heavy atom. The Balaban J connectivity index is 1.51. The molecule has 12 nitrogen and oxygen atoms in total. The van der Waals surface area contributed by atoms with E-state index in [9.17, 15) is 17.6 Å². The number of fused-ring (bicyclic) bond motifs is 1. The number of azide groups is 1. The summed E-state index contributed by atoms with van der Waals surface area (Å²) in [5.74, 6) is -0.749. The third kappa shape index (κ3) is 6.36. The number of H-pyrrole nitrogens is 1. The Labute approximate surface area is 260 Å². The van der Waals surface area contributed by atoms with Crippen LogP contribution in [-0.2, 0) is 9.84 Å². The number of piperazine rings is 1. The third-order valence-electron chi connectivity index (χ3n) is 8.53. The van der Waals surface area contributed by atoms with Crippen molar-refractivity contribution in [2.24, 2.45) is 11.0 Å². The zero-order chi connectivity index (χ0) is 31.6. The van der Waals surface area contributed by atoms with Crippen molar-refractivity contribution in [2.75, 3.05) is 62.7 Å². The minimum atomic E-state index is -4.05. The van der Waals surface area contributed by atoms with Crippen LogP contribution in [0.1, 0.15) is 23.2 Å². The second-order valence-electron chi connectivity index (χ2n) is 11.5. The van der Waals surface area contributed by atoms with Crippen molar-refractivity contribution in [3.63, 3.8) is 0 Å². The first-order valence-corrected chi connectivity index (χ1v) is 16.4. The molecular formula is C31H34FN9O3S. The summed E-state index contributed by atoms with van der Waals surface area (Å²) in [5.41, 5.74) is 11.4. The van der Waals surface area contributed by atoms with E-state index in [1.54, 1.807) is 12.1 Å². The molecule has 45 heavy (non-hydrogen) atoms. The van der Waals surface area contributed by atoms with Gasteiger partial charge in [0.25, 0.3) is 5.91 Å². The van der Waals surface area contributed by atoms with Crippen LogP contribution in [-0.4, -0.2) is 82.3 Å². The van der Waals surface area contributed by atoms with Gasteiger partial charge in [-0.3, -0.25) is 9.89 Å². The number of carbonyl (C=O) groups excluding carboxylic acids is 1. The van der Waals surface area contributed by atoms with E-state index < -0.39 is 21.6 Å². The van der Waals surface area contributed by atoms with E-state index in [1.165, 1.54) is 30.3 Å². The summed E-state index contributed by atoms with van der Waals surface area (Å²) in [7, 11) is -1.97. The summed E-state index contributed by atoms with van der Waals surface area (Å²) in [5, 5.41) is 15.0. The average Bonchev–Trinajstić information content (AvgIpc) is 3.47. The molecule has 3 aromatic carbocycles.